The van der Waals surface area contributed by atoms with E-state index in [1.165, 1.54) is 19.3 Å². The lowest BCUT2D eigenvalue weighted by Gasteiger charge is -2.30. The second-order valence-electron chi connectivity index (χ2n) is 4.52. The van der Waals surface area contributed by atoms with E-state index in [1.54, 1.807) is 0 Å². The van der Waals surface area contributed by atoms with Crippen molar-refractivity contribution in [2.75, 3.05) is 6.54 Å². The summed E-state index contributed by atoms with van der Waals surface area (Å²) in [5.74, 6) is 1.25. The van der Waals surface area contributed by atoms with Crippen LogP contribution in [-0.4, -0.2) is 18.4 Å². The minimum absolute atomic E-state index is 0.472. The second kappa shape index (κ2) is 4.23. The molecule has 0 atom stereocenters. The number of carbonyl (C=O) groups excluding carboxylic acids is 1. The summed E-state index contributed by atoms with van der Waals surface area (Å²) >= 11 is 0. The molecule has 0 aliphatic heterocycles. The summed E-state index contributed by atoms with van der Waals surface area (Å²) in [6.45, 7) is 1.15. The molecule has 0 aromatic heterocycles. The van der Waals surface area contributed by atoms with Gasteiger partial charge >= 0.3 is 0 Å². The number of Topliss-reactive ketones (excluding diaryl/α,β-unsaturated/α-hetero) is 1. The highest BCUT2D eigenvalue weighted by molar-refractivity contribution is 5.79. The van der Waals surface area contributed by atoms with E-state index < -0.39 is 0 Å². The number of ketones is 1. The highest BCUT2D eigenvalue weighted by Gasteiger charge is 2.21. The van der Waals surface area contributed by atoms with Gasteiger partial charge in [-0.15, -0.1) is 0 Å². The van der Waals surface area contributed by atoms with Gasteiger partial charge in [0, 0.05) is 18.9 Å². The quantitative estimate of drug-likeness (QED) is 0.720. The Morgan fingerprint density at radius 1 is 1.15 bits per heavy atom. The van der Waals surface area contributed by atoms with Crippen molar-refractivity contribution in [2.45, 2.75) is 51.0 Å². The average molecular weight is 181 g/mol. The monoisotopic (exact) mass is 181 g/mol. The molecule has 2 rings (SSSR count). The summed E-state index contributed by atoms with van der Waals surface area (Å²) < 4.78 is 0. The minimum Gasteiger partial charge on any atom is -0.314 e. The van der Waals surface area contributed by atoms with Crippen LogP contribution in [0.2, 0.25) is 0 Å². The van der Waals surface area contributed by atoms with Crippen LogP contribution in [-0.2, 0) is 4.79 Å². The van der Waals surface area contributed by atoms with E-state index in [4.69, 9.17) is 0 Å². The Hall–Kier alpha value is -0.370. The molecule has 0 heterocycles. The average Bonchev–Trinajstić information content (AvgIpc) is 2.05. The molecule has 0 spiro atoms. The number of nitrogens with one attached hydrogen (secondary N) is 1. The van der Waals surface area contributed by atoms with Gasteiger partial charge in [0.05, 0.1) is 0 Å². The number of carbonyl (C=O) groups is 1. The third-order valence-electron chi connectivity index (χ3n) is 3.46. The van der Waals surface area contributed by atoms with Crippen LogP contribution in [0.3, 0.4) is 0 Å². The van der Waals surface area contributed by atoms with E-state index in [9.17, 15) is 4.79 Å². The van der Waals surface area contributed by atoms with Crippen LogP contribution in [0.1, 0.15) is 44.9 Å². The van der Waals surface area contributed by atoms with Gasteiger partial charge in [0.25, 0.3) is 0 Å². The van der Waals surface area contributed by atoms with E-state index in [-0.39, 0.29) is 0 Å². The van der Waals surface area contributed by atoms with E-state index >= 15 is 0 Å². The first-order chi connectivity index (χ1) is 6.34. The Morgan fingerprint density at radius 2 is 1.85 bits per heavy atom. The zero-order valence-electron chi connectivity index (χ0n) is 8.22. The Kier molecular flexibility index (Phi) is 2.99. The lowest BCUT2D eigenvalue weighted by atomic mass is 9.87. The maximum Gasteiger partial charge on any atom is 0.132 e. The highest BCUT2D eigenvalue weighted by atomic mass is 16.1. The molecule has 2 saturated carbocycles. The molecule has 74 valence electrons. The van der Waals surface area contributed by atoms with Crippen molar-refractivity contribution in [2.24, 2.45) is 5.92 Å². The van der Waals surface area contributed by atoms with Crippen molar-refractivity contribution in [3.8, 4) is 0 Å². The van der Waals surface area contributed by atoms with E-state index in [0.29, 0.717) is 5.78 Å². The number of hydrogen-bond acceptors (Lipinski definition) is 2. The summed E-state index contributed by atoms with van der Waals surface area (Å²) in [5.41, 5.74) is 0. The molecule has 0 radical (unpaired) electrons. The first-order valence-corrected chi connectivity index (χ1v) is 5.59. The molecular weight excluding hydrogens is 162 g/mol. The molecule has 0 aromatic rings. The van der Waals surface area contributed by atoms with Gasteiger partial charge in [-0.2, -0.15) is 0 Å². The van der Waals surface area contributed by atoms with Gasteiger partial charge in [0.2, 0.25) is 0 Å². The molecule has 0 saturated heterocycles. The molecule has 2 fully saturated rings. The maximum absolute atomic E-state index is 11.0. The van der Waals surface area contributed by atoms with Gasteiger partial charge in [-0.3, -0.25) is 4.79 Å². The zero-order chi connectivity index (χ0) is 9.10. The SMILES string of the molecule is O=C1CCC(CNC2CCC2)CC1. The minimum atomic E-state index is 0.472. The molecule has 2 nitrogen and oxygen atoms in total. The lowest BCUT2D eigenvalue weighted by Crippen LogP contribution is -2.38. The normalized spacial score (nSPS) is 26.0. The second-order valence-corrected chi connectivity index (χ2v) is 4.52. The summed E-state index contributed by atoms with van der Waals surface area (Å²) in [5, 5.41) is 3.59. The van der Waals surface area contributed by atoms with Crippen molar-refractivity contribution in [1.29, 1.82) is 0 Å². The first-order valence-electron chi connectivity index (χ1n) is 5.59. The van der Waals surface area contributed by atoms with Gasteiger partial charge in [-0.05, 0) is 38.1 Å². The van der Waals surface area contributed by atoms with E-state index in [1.807, 2.05) is 0 Å². The van der Waals surface area contributed by atoms with Gasteiger partial charge in [0.15, 0.2) is 0 Å². The fourth-order valence-electron chi connectivity index (χ4n) is 2.15. The lowest BCUT2D eigenvalue weighted by molar-refractivity contribution is -0.120. The Morgan fingerprint density at radius 3 is 2.38 bits per heavy atom. The summed E-state index contributed by atoms with van der Waals surface area (Å²) in [4.78, 5) is 11.0. The number of rotatable bonds is 3. The topological polar surface area (TPSA) is 29.1 Å². The molecular formula is C11H19NO. The van der Waals surface area contributed by atoms with Crippen LogP contribution in [0.4, 0.5) is 0 Å². The molecule has 2 heteroatoms. The van der Waals surface area contributed by atoms with Gasteiger partial charge in [0.1, 0.15) is 5.78 Å². The fourth-order valence-corrected chi connectivity index (χ4v) is 2.15. The van der Waals surface area contributed by atoms with Crippen molar-refractivity contribution in [1.82, 2.24) is 5.32 Å². The largest absolute Gasteiger partial charge is 0.314 e. The van der Waals surface area contributed by atoms with E-state index in [0.717, 1.165) is 44.2 Å². The molecule has 1 N–H and O–H groups in total. The van der Waals surface area contributed by atoms with Crippen LogP contribution in [0.25, 0.3) is 0 Å². The maximum atomic E-state index is 11.0. The van der Waals surface area contributed by atoms with Gasteiger partial charge < -0.3 is 5.32 Å². The first kappa shape index (κ1) is 9.20. The predicted molar refractivity (Wildman–Crippen MR) is 52.6 cm³/mol. The van der Waals surface area contributed by atoms with Crippen molar-refractivity contribution >= 4 is 5.78 Å². The molecule has 0 aromatic carbocycles. The number of hydrogen-bond donors (Lipinski definition) is 1. The molecule has 0 amide bonds. The zero-order valence-corrected chi connectivity index (χ0v) is 8.22. The van der Waals surface area contributed by atoms with Crippen LogP contribution >= 0.6 is 0 Å². The van der Waals surface area contributed by atoms with E-state index in [2.05, 4.69) is 5.32 Å². The third kappa shape index (κ3) is 2.53. The van der Waals surface area contributed by atoms with Gasteiger partial charge in [-0.1, -0.05) is 6.42 Å². The molecule has 2 aliphatic carbocycles. The van der Waals surface area contributed by atoms with Crippen molar-refractivity contribution in [3.05, 3.63) is 0 Å². The summed E-state index contributed by atoms with van der Waals surface area (Å²) in [6, 6.07) is 0.803. The van der Waals surface area contributed by atoms with Gasteiger partial charge in [-0.25, -0.2) is 0 Å². The van der Waals surface area contributed by atoms with Crippen LogP contribution in [0.15, 0.2) is 0 Å². The smallest absolute Gasteiger partial charge is 0.132 e. The Labute approximate surface area is 80.1 Å². The van der Waals surface area contributed by atoms with Crippen molar-refractivity contribution < 1.29 is 4.79 Å². The fraction of sp³-hybridized carbons (Fsp3) is 0.909. The standard InChI is InChI=1S/C11H19NO/c13-11-6-4-9(5-7-11)8-12-10-2-1-3-10/h9-10,12H,1-8H2. The van der Waals surface area contributed by atoms with Crippen LogP contribution in [0, 0.1) is 5.92 Å². The van der Waals surface area contributed by atoms with Crippen molar-refractivity contribution in [3.63, 3.8) is 0 Å². The molecule has 13 heavy (non-hydrogen) atoms. The Balaban J connectivity index is 1.61. The molecule has 2 aliphatic rings. The molecule has 0 bridgehead atoms. The highest BCUT2D eigenvalue weighted by Crippen LogP contribution is 2.23. The predicted octanol–water partition coefficient (Wildman–Crippen LogP) is 1.89. The Bertz CT molecular complexity index is 177. The van der Waals surface area contributed by atoms with Crippen LogP contribution in [0.5, 0.6) is 0 Å². The summed E-state index contributed by atoms with van der Waals surface area (Å²) in [6.07, 6.45) is 8.04. The third-order valence-corrected chi connectivity index (χ3v) is 3.46. The summed E-state index contributed by atoms with van der Waals surface area (Å²) in [7, 11) is 0. The van der Waals surface area contributed by atoms with Crippen LogP contribution < -0.4 is 5.32 Å². The molecule has 0 unspecified atom stereocenters.